The third-order valence-electron chi connectivity index (χ3n) is 5.30. The molecular weight excluding hydrogens is 372 g/mol. The van der Waals surface area contributed by atoms with E-state index in [1.165, 1.54) is 0 Å². The van der Waals surface area contributed by atoms with Crippen LogP contribution in [0.2, 0.25) is 5.02 Å². The minimum atomic E-state index is 0.186. The number of piperidine rings is 1. The molecule has 0 radical (unpaired) electrons. The van der Waals surface area contributed by atoms with Gasteiger partial charge in [-0.15, -0.1) is 0 Å². The highest BCUT2D eigenvalue weighted by Gasteiger charge is 2.29. The number of unbranched alkanes of at least 4 members (excludes halogenated alkanes) is 1. The van der Waals surface area contributed by atoms with Crippen LogP contribution in [0, 0.1) is 0 Å². The predicted molar refractivity (Wildman–Crippen MR) is 115 cm³/mol. The molecule has 3 rings (SSSR count). The van der Waals surface area contributed by atoms with Crippen molar-refractivity contribution >= 4 is 23.2 Å². The lowest BCUT2D eigenvalue weighted by atomic mass is 9.93. The van der Waals surface area contributed by atoms with E-state index in [4.69, 9.17) is 16.3 Å². The van der Waals surface area contributed by atoms with Crippen LogP contribution in [-0.2, 0) is 4.79 Å². The maximum atomic E-state index is 12.0. The smallest absolute Gasteiger partial charge is 0.219 e. The van der Waals surface area contributed by atoms with Crippen LogP contribution in [0.25, 0.3) is 0 Å². The fourth-order valence-electron chi connectivity index (χ4n) is 3.83. The Hall–Kier alpha value is -2.20. The average Bonchev–Trinajstić information content (AvgIpc) is 2.69. The maximum Gasteiger partial charge on any atom is 0.219 e. The molecule has 28 heavy (non-hydrogen) atoms. The third-order valence-corrected chi connectivity index (χ3v) is 5.55. The fraction of sp³-hybridized carbons (Fsp3) is 0.435. The van der Waals surface area contributed by atoms with Gasteiger partial charge in [0, 0.05) is 30.6 Å². The quantitative estimate of drug-likeness (QED) is 0.609. The van der Waals surface area contributed by atoms with Gasteiger partial charge in [-0.3, -0.25) is 4.79 Å². The van der Waals surface area contributed by atoms with Crippen molar-refractivity contribution in [2.75, 3.05) is 11.9 Å². The molecule has 0 aromatic heterocycles. The van der Waals surface area contributed by atoms with Crippen LogP contribution in [0.4, 0.5) is 5.69 Å². The van der Waals surface area contributed by atoms with Crippen LogP contribution in [0.3, 0.4) is 0 Å². The summed E-state index contributed by atoms with van der Waals surface area (Å²) in [5.41, 5.74) is 0.980. The predicted octanol–water partition coefficient (Wildman–Crippen LogP) is 6.11. The first kappa shape index (κ1) is 20.5. The summed E-state index contributed by atoms with van der Waals surface area (Å²) >= 11 is 5.96. The SMILES string of the molecule is CCCCC1CC(Nc2ccccc2Oc2ccc(Cl)cc2)CCN1C(C)=O. The average molecular weight is 401 g/mol. The van der Waals surface area contributed by atoms with E-state index < -0.39 is 0 Å². The molecule has 0 saturated carbocycles. The molecule has 150 valence electrons. The van der Waals surface area contributed by atoms with Crippen molar-refractivity contribution in [2.24, 2.45) is 0 Å². The lowest BCUT2D eigenvalue weighted by molar-refractivity contribution is -0.132. The molecule has 1 aliphatic heterocycles. The van der Waals surface area contributed by atoms with Crippen molar-refractivity contribution in [1.29, 1.82) is 0 Å². The fourth-order valence-corrected chi connectivity index (χ4v) is 3.96. The van der Waals surface area contributed by atoms with Gasteiger partial charge in [0.05, 0.1) is 5.69 Å². The second kappa shape index (κ2) is 9.83. The summed E-state index contributed by atoms with van der Waals surface area (Å²) in [5.74, 6) is 1.74. The number of hydrogen-bond acceptors (Lipinski definition) is 3. The summed E-state index contributed by atoms with van der Waals surface area (Å²) < 4.78 is 6.07. The summed E-state index contributed by atoms with van der Waals surface area (Å²) in [6.45, 7) is 4.69. The minimum absolute atomic E-state index is 0.186. The van der Waals surface area contributed by atoms with Crippen molar-refractivity contribution in [2.45, 2.75) is 58.0 Å². The molecule has 1 saturated heterocycles. The normalized spacial score (nSPS) is 19.3. The molecule has 1 aliphatic rings. The molecule has 0 spiro atoms. The van der Waals surface area contributed by atoms with Gasteiger partial charge in [0.15, 0.2) is 5.75 Å². The highest BCUT2D eigenvalue weighted by molar-refractivity contribution is 6.30. The van der Waals surface area contributed by atoms with Gasteiger partial charge in [-0.25, -0.2) is 0 Å². The van der Waals surface area contributed by atoms with Crippen LogP contribution >= 0.6 is 11.6 Å². The Balaban J connectivity index is 1.69. The van der Waals surface area contributed by atoms with Crippen LogP contribution in [0.1, 0.15) is 46.0 Å². The highest BCUT2D eigenvalue weighted by Crippen LogP contribution is 2.32. The molecule has 2 atom stereocenters. The molecule has 2 aromatic rings. The summed E-state index contributed by atoms with van der Waals surface area (Å²) in [6.07, 6.45) is 5.28. The number of hydrogen-bond donors (Lipinski definition) is 1. The number of rotatable bonds is 7. The van der Waals surface area contributed by atoms with E-state index in [0.29, 0.717) is 17.1 Å². The van der Waals surface area contributed by atoms with Crippen LogP contribution in [-0.4, -0.2) is 29.4 Å². The molecule has 1 heterocycles. The van der Waals surface area contributed by atoms with Crippen LogP contribution in [0.5, 0.6) is 11.5 Å². The first-order valence-corrected chi connectivity index (χ1v) is 10.5. The Morgan fingerprint density at radius 1 is 1.21 bits per heavy atom. The van der Waals surface area contributed by atoms with Crippen molar-refractivity contribution in [1.82, 2.24) is 4.90 Å². The summed E-state index contributed by atoms with van der Waals surface area (Å²) in [4.78, 5) is 14.0. The zero-order valence-corrected chi connectivity index (χ0v) is 17.4. The molecule has 1 N–H and O–H groups in total. The number of carbonyl (C=O) groups excluding carboxylic acids is 1. The van der Waals surface area contributed by atoms with Gasteiger partial charge in [-0.05, 0) is 55.7 Å². The molecule has 2 unspecified atom stereocenters. The first-order chi connectivity index (χ1) is 13.6. The van der Waals surface area contributed by atoms with Gasteiger partial charge >= 0.3 is 0 Å². The number of nitrogens with zero attached hydrogens (tertiary/aromatic N) is 1. The minimum Gasteiger partial charge on any atom is -0.455 e. The zero-order valence-electron chi connectivity index (χ0n) is 16.7. The maximum absolute atomic E-state index is 12.0. The van der Waals surface area contributed by atoms with E-state index in [2.05, 4.69) is 12.2 Å². The molecule has 4 nitrogen and oxygen atoms in total. The number of halogens is 1. The number of ether oxygens (including phenoxy) is 1. The molecule has 2 aromatic carbocycles. The Morgan fingerprint density at radius 2 is 1.96 bits per heavy atom. The van der Waals surface area contributed by atoms with Gasteiger partial charge in [0.2, 0.25) is 5.91 Å². The number of nitrogens with one attached hydrogen (secondary N) is 1. The third kappa shape index (κ3) is 5.41. The van der Waals surface area contributed by atoms with E-state index in [-0.39, 0.29) is 5.91 Å². The van der Waals surface area contributed by atoms with Crippen molar-refractivity contribution in [3.05, 3.63) is 53.6 Å². The van der Waals surface area contributed by atoms with E-state index in [1.54, 1.807) is 6.92 Å². The lowest BCUT2D eigenvalue weighted by Gasteiger charge is -2.40. The van der Waals surface area contributed by atoms with Crippen LogP contribution < -0.4 is 10.1 Å². The summed E-state index contributed by atoms with van der Waals surface area (Å²) in [7, 11) is 0. The van der Waals surface area contributed by atoms with Gasteiger partial charge in [0.25, 0.3) is 0 Å². The summed E-state index contributed by atoms with van der Waals surface area (Å²) in [6, 6.07) is 16.0. The molecule has 1 amide bonds. The lowest BCUT2D eigenvalue weighted by Crippen LogP contribution is -2.48. The van der Waals surface area contributed by atoms with Gasteiger partial charge < -0.3 is 15.0 Å². The number of benzene rings is 2. The second-order valence-electron chi connectivity index (χ2n) is 7.43. The molecular formula is C23H29ClN2O2. The van der Waals surface area contributed by atoms with Crippen molar-refractivity contribution < 1.29 is 9.53 Å². The van der Waals surface area contributed by atoms with Crippen molar-refractivity contribution in [3.63, 3.8) is 0 Å². The summed E-state index contributed by atoms with van der Waals surface area (Å²) in [5, 5.41) is 4.35. The Bertz CT molecular complexity index is 778. The number of likely N-dealkylation sites (tertiary alicyclic amines) is 1. The highest BCUT2D eigenvalue weighted by atomic mass is 35.5. The van der Waals surface area contributed by atoms with Crippen LogP contribution in [0.15, 0.2) is 48.5 Å². The van der Waals surface area contributed by atoms with Crippen molar-refractivity contribution in [3.8, 4) is 11.5 Å². The zero-order chi connectivity index (χ0) is 19.9. The topological polar surface area (TPSA) is 41.6 Å². The number of amides is 1. The largest absolute Gasteiger partial charge is 0.455 e. The molecule has 1 fully saturated rings. The standard InChI is InChI=1S/C23H29ClN2O2/c1-3-4-7-20-16-19(14-15-26(20)17(2)27)25-22-8-5-6-9-23(22)28-21-12-10-18(24)11-13-21/h5-6,8-13,19-20,25H,3-4,7,14-16H2,1-2H3. The van der Waals surface area contributed by atoms with Gasteiger partial charge in [0.1, 0.15) is 5.75 Å². The Kier molecular flexibility index (Phi) is 7.21. The number of para-hydroxylation sites is 2. The molecule has 0 bridgehead atoms. The monoisotopic (exact) mass is 400 g/mol. The first-order valence-electron chi connectivity index (χ1n) is 10.1. The van der Waals surface area contributed by atoms with Gasteiger partial charge in [-0.1, -0.05) is 43.5 Å². The number of carbonyl (C=O) groups is 1. The molecule has 5 heteroatoms. The Labute approximate surface area is 172 Å². The van der Waals surface area contributed by atoms with E-state index in [9.17, 15) is 4.79 Å². The second-order valence-corrected chi connectivity index (χ2v) is 7.86. The van der Waals surface area contributed by atoms with E-state index in [1.807, 2.05) is 53.4 Å². The van der Waals surface area contributed by atoms with Gasteiger partial charge in [-0.2, -0.15) is 0 Å². The Morgan fingerprint density at radius 3 is 2.68 bits per heavy atom. The van der Waals surface area contributed by atoms with E-state index in [0.717, 1.165) is 55.8 Å². The molecule has 0 aliphatic carbocycles. The number of anilines is 1. The van der Waals surface area contributed by atoms with E-state index >= 15 is 0 Å².